The largest absolute Gasteiger partial charge is 0.359 e. The van der Waals surface area contributed by atoms with Crippen molar-refractivity contribution in [3.05, 3.63) is 65.5 Å². The van der Waals surface area contributed by atoms with Crippen LogP contribution in [0, 0.1) is 11.3 Å². The van der Waals surface area contributed by atoms with Crippen LogP contribution >= 0.6 is 0 Å². The molecule has 2 spiro atoms. The minimum atomic E-state index is -0.0412. The zero-order chi connectivity index (χ0) is 22.5. The molecule has 4 heterocycles. The smallest absolute Gasteiger partial charge is 0.0974 e. The number of hydrogen-bond acceptors (Lipinski definition) is 3. The summed E-state index contributed by atoms with van der Waals surface area (Å²) in [4.78, 5) is 7.12. The predicted molar refractivity (Wildman–Crippen MR) is 136 cm³/mol. The lowest BCUT2D eigenvalue weighted by Gasteiger charge is -2.55. The van der Waals surface area contributed by atoms with E-state index in [0.717, 1.165) is 6.04 Å². The fraction of sp³-hybridized carbons (Fsp3) is 0.581. The zero-order valence-electron chi connectivity index (χ0n) is 20.4. The van der Waals surface area contributed by atoms with Gasteiger partial charge in [0.15, 0.2) is 0 Å². The van der Waals surface area contributed by atoms with E-state index >= 15 is 0 Å². The first-order chi connectivity index (χ1) is 16.6. The van der Waals surface area contributed by atoms with Crippen molar-refractivity contribution in [2.75, 3.05) is 13.1 Å². The quantitative estimate of drug-likeness (QED) is 0.516. The van der Waals surface area contributed by atoms with Gasteiger partial charge in [0.25, 0.3) is 0 Å². The normalized spacial score (nSPS) is 42.9. The fourth-order valence-corrected chi connectivity index (χ4v) is 9.27. The third kappa shape index (κ3) is 2.53. The van der Waals surface area contributed by atoms with E-state index in [2.05, 4.69) is 53.2 Å². The van der Waals surface area contributed by atoms with Gasteiger partial charge in [-0.2, -0.15) is 0 Å². The molecule has 0 N–H and O–H groups in total. The van der Waals surface area contributed by atoms with E-state index in [1.54, 1.807) is 11.1 Å². The standard InChI is InChI=1S/C31H36N2O/c1-29-11-9-25-18-24-5-6-26(33-15-2-16-33)19-30(24)12-13-31(25,34-30)28(29)8-7-27(29)22-4-3-21-10-14-32-20-23(21)17-22/h3-4,9-10,14,17-18,20,26-28H,2,5-8,11-13,15-16,19H2,1H3/t26-,27?,28+,29+,30+,31+/m0/s1. The Morgan fingerprint density at radius 1 is 1.06 bits per heavy atom. The maximum Gasteiger partial charge on any atom is 0.0974 e. The molecular formula is C31H36N2O. The second-order valence-electron chi connectivity index (χ2n) is 12.5. The summed E-state index contributed by atoms with van der Waals surface area (Å²) >= 11 is 0. The van der Waals surface area contributed by atoms with Crippen molar-refractivity contribution in [2.45, 2.75) is 87.9 Å². The first kappa shape index (κ1) is 20.2. The van der Waals surface area contributed by atoms with Gasteiger partial charge in [0.2, 0.25) is 0 Å². The Hall–Kier alpha value is -1.97. The number of benzene rings is 1. The molecule has 0 radical (unpaired) electrons. The molecule has 1 aromatic carbocycles. The average molecular weight is 453 g/mol. The highest BCUT2D eigenvalue weighted by Gasteiger charge is 2.66. The number of aromatic nitrogens is 1. The number of ether oxygens (including phenoxy) is 1. The first-order valence-electron chi connectivity index (χ1n) is 13.8. The molecule has 3 aliphatic heterocycles. The lowest BCUT2D eigenvalue weighted by Crippen LogP contribution is -2.56. The Labute approximate surface area is 203 Å². The average Bonchev–Trinajstić information content (AvgIpc) is 3.33. The molecule has 34 heavy (non-hydrogen) atoms. The second kappa shape index (κ2) is 6.83. The molecule has 1 aromatic heterocycles. The molecule has 2 saturated heterocycles. The number of likely N-dealkylation sites (tertiary alicyclic amines) is 1. The van der Waals surface area contributed by atoms with Crippen LogP contribution in [-0.2, 0) is 4.74 Å². The molecule has 3 heteroatoms. The number of pyridine rings is 1. The number of allylic oxidation sites excluding steroid dienone is 1. The lowest BCUT2D eigenvalue weighted by molar-refractivity contribution is -0.142. The van der Waals surface area contributed by atoms with Gasteiger partial charge in [-0.25, -0.2) is 0 Å². The Balaban J connectivity index is 1.16. The molecule has 176 valence electrons. The van der Waals surface area contributed by atoms with Gasteiger partial charge in [-0.15, -0.1) is 0 Å². The Morgan fingerprint density at radius 2 is 2.00 bits per heavy atom. The summed E-state index contributed by atoms with van der Waals surface area (Å²) in [5, 5.41) is 2.57. The maximum atomic E-state index is 7.49. The number of fused-ring (bicyclic) bond motifs is 2. The fourth-order valence-electron chi connectivity index (χ4n) is 9.27. The van der Waals surface area contributed by atoms with E-state index < -0.39 is 0 Å². The zero-order valence-corrected chi connectivity index (χ0v) is 20.4. The van der Waals surface area contributed by atoms with Crippen LogP contribution in [-0.4, -0.2) is 40.2 Å². The summed E-state index contributed by atoms with van der Waals surface area (Å²) in [6, 6.07) is 9.99. The van der Waals surface area contributed by atoms with Gasteiger partial charge < -0.3 is 9.64 Å². The highest BCUT2D eigenvalue weighted by molar-refractivity contribution is 5.82. The van der Waals surface area contributed by atoms with Crippen molar-refractivity contribution in [3.8, 4) is 0 Å². The van der Waals surface area contributed by atoms with E-state index in [9.17, 15) is 0 Å². The van der Waals surface area contributed by atoms with Gasteiger partial charge in [-0.3, -0.25) is 4.98 Å². The van der Waals surface area contributed by atoms with Crippen molar-refractivity contribution < 1.29 is 4.74 Å². The maximum absolute atomic E-state index is 7.49. The van der Waals surface area contributed by atoms with Crippen LogP contribution in [0.1, 0.15) is 76.2 Å². The monoisotopic (exact) mass is 452 g/mol. The van der Waals surface area contributed by atoms with Gasteiger partial charge in [0.05, 0.1) is 11.2 Å². The van der Waals surface area contributed by atoms with Crippen molar-refractivity contribution in [2.24, 2.45) is 11.3 Å². The summed E-state index contributed by atoms with van der Waals surface area (Å²) in [7, 11) is 0. The first-order valence-corrected chi connectivity index (χ1v) is 13.8. The topological polar surface area (TPSA) is 25.4 Å². The second-order valence-corrected chi connectivity index (χ2v) is 12.5. The van der Waals surface area contributed by atoms with Gasteiger partial charge >= 0.3 is 0 Å². The van der Waals surface area contributed by atoms with Crippen LogP contribution in [0.4, 0.5) is 0 Å². The summed E-state index contributed by atoms with van der Waals surface area (Å²) in [5.41, 5.74) is 4.94. The number of nitrogens with zero attached hydrogens (tertiary/aromatic N) is 2. The van der Waals surface area contributed by atoms with Crippen LogP contribution in [0.3, 0.4) is 0 Å². The van der Waals surface area contributed by atoms with Crippen LogP contribution in [0.25, 0.3) is 10.8 Å². The van der Waals surface area contributed by atoms with Gasteiger partial charge in [0.1, 0.15) is 0 Å². The third-order valence-electron chi connectivity index (χ3n) is 11.1. The minimum absolute atomic E-state index is 0.0286. The van der Waals surface area contributed by atoms with Crippen molar-refractivity contribution in [1.82, 2.24) is 9.88 Å². The third-order valence-corrected chi connectivity index (χ3v) is 11.1. The summed E-state index contributed by atoms with van der Waals surface area (Å²) in [6.45, 7) is 5.20. The molecule has 6 atom stereocenters. The van der Waals surface area contributed by atoms with Crippen molar-refractivity contribution in [3.63, 3.8) is 0 Å². The summed E-state index contributed by atoms with van der Waals surface area (Å²) < 4.78 is 7.49. The van der Waals surface area contributed by atoms with E-state index in [1.165, 1.54) is 87.2 Å². The van der Waals surface area contributed by atoms with E-state index in [0.29, 0.717) is 11.8 Å². The van der Waals surface area contributed by atoms with E-state index in [4.69, 9.17) is 4.74 Å². The van der Waals surface area contributed by atoms with Crippen molar-refractivity contribution >= 4 is 10.8 Å². The predicted octanol–water partition coefficient (Wildman–Crippen LogP) is 6.55. The molecular weight excluding hydrogens is 416 g/mol. The van der Waals surface area contributed by atoms with Crippen molar-refractivity contribution in [1.29, 1.82) is 0 Å². The highest BCUT2D eigenvalue weighted by Crippen LogP contribution is 2.69. The minimum Gasteiger partial charge on any atom is -0.359 e. The molecule has 2 aromatic rings. The van der Waals surface area contributed by atoms with Crippen LogP contribution in [0.5, 0.6) is 0 Å². The molecule has 6 aliphatic rings. The van der Waals surface area contributed by atoms with Crippen LogP contribution in [0.15, 0.2) is 60.0 Å². The Bertz CT molecular complexity index is 1240. The lowest BCUT2D eigenvalue weighted by atomic mass is 9.58. The number of rotatable bonds is 2. The molecule has 2 bridgehead atoms. The van der Waals surface area contributed by atoms with E-state index in [1.807, 2.05) is 12.4 Å². The van der Waals surface area contributed by atoms with E-state index in [-0.39, 0.29) is 16.6 Å². The molecule has 2 saturated carbocycles. The van der Waals surface area contributed by atoms with Gasteiger partial charge in [0, 0.05) is 23.8 Å². The Kier molecular flexibility index (Phi) is 4.06. The molecule has 3 nitrogen and oxygen atoms in total. The van der Waals surface area contributed by atoms with Gasteiger partial charge in [-0.05, 0) is 122 Å². The highest BCUT2D eigenvalue weighted by atomic mass is 16.5. The Morgan fingerprint density at radius 3 is 2.88 bits per heavy atom. The van der Waals surface area contributed by atoms with Crippen LogP contribution in [0.2, 0.25) is 0 Å². The summed E-state index contributed by atoms with van der Waals surface area (Å²) in [6.07, 6.45) is 20.6. The van der Waals surface area contributed by atoms with Crippen LogP contribution < -0.4 is 0 Å². The van der Waals surface area contributed by atoms with Gasteiger partial charge in [-0.1, -0.05) is 31.2 Å². The molecule has 8 rings (SSSR count). The molecule has 3 aliphatic carbocycles. The molecule has 0 amide bonds. The summed E-state index contributed by atoms with van der Waals surface area (Å²) in [5.74, 6) is 1.22. The molecule has 1 unspecified atom stereocenters. The number of hydrogen-bond donors (Lipinski definition) is 0. The molecule has 4 fully saturated rings. The SMILES string of the molecule is C[C@]12CC=C3C=C4CC[C@H](N5CCC5)C[C@]45CC[C@]3(O5)[C@@H]1CCC2c1ccc2ccncc2c1.